The van der Waals surface area contributed by atoms with Gasteiger partial charge >= 0.3 is 0 Å². The molecule has 0 aromatic heterocycles. The molecule has 1 heterocycles. The van der Waals surface area contributed by atoms with Crippen molar-refractivity contribution in [3.8, 4) is 11.8 Å². The van der Waals surface area contributed by atoms with Crippen molar-refractivity contribution in [2.75, 3.05) is 19.8 Å². The van der Waals surface area contributed by atoms with Gasteiger partial charge in [-0.05, 0) is 31.5 Å². The van der Waals surface area contributed by atoms with Crippen molar-refractivity contribution < 1.29 is 19.0 Å². The molecule has 1 aromatic carbocycles. The van der Waals surface area contributed by atoms with Gasteiger partial charge in [-0.15, -0.1) is 0 Å². The summed E-state index contributed by atoms with van der Waals surface area (Å²) in [7, 11) is 0. The topological polar surface area (TPSA) is 58.6 Å². The van der Waals surface area contributed by atoms with Gasteiger partial charge in [-0.3, -0.25) is 4.79 Å². The smallest absolute Gasteiger partial charge is 0.254 e. The van der Waals surface area contributed by atoms with Gasteiger partial charge in [0.1, 0.15) is 12.4 Å². The van der Waals surface area contributed by atoms with Crippen LogP contribution >= 0.6 is 0 Å². The van der Waals surface area contributed by atoms with Crippen molar-refractivity contribution >= 4 is 5.91 Å². The van der Waals surface area contributed by atoms with Crippen LogP contribution in [-0.2, 0) is 4.74 Å². The number of amides is 1. The van der Waals surface area contributed by atoms with Crippen LogP contribution in [-0.4, -0.2) is 36.9 Å². The van der Waals surface area contributed by atoms with Crippen LogP contribution < -0.4 is 5.32 Å². The van der Waals surface area contributed by atoms with E-state index in [9.17, 15) is 9.18 Å². The van der Waals surface area contributed by atoms with Gasteiger partial charge in [-0.25, -0.2) is 4.39 Å². The molecule has 0 radical (unpaired) electrons. The predicted molar refractivity (Wildman–Crippen MR) is 76.2 cm³/mol. The molecule has 2 rings (SSSR count). The van der Waals surface area contributed by atoms with Crippen LogP contribution in [0.5, 0.6) is 0 Å². The molecular formula is C16H18FNO3. The molecular weight excluding hydrogens is 273 g/mol. The maximum atomic E-state index is 13.7. The largest absolute Gasteiger partial charge is 0.384 e. The molecule has 2 atom stereocenters. The maximum absolute atomic E-state index is 13.7. The zero-order valence-corrected chi connectivity index (χ0v) is 11.9. The molecule has 4 nitrogen and oxygen atoms in total. The van der Waals surface area contributed by atoms with Gasteiger partial charge in [0.05, 0.1) is 11.7 Å². The zero-order valence-electron chi connectivity index (χ0n) is 11.9. The highest BCUT2D eigenvalue weighted by Gasteiger charge is 2.25. The molecule has 1 aliphatic heterocycles. The van der Waals surface area contributed by atoms with E-state index in [1.54, 1.807) is 0 Å². The van der Waals surface area contributed by atoms with E-state index < -0.39 is 11.7 Å². The van der Waals surface area contributed by atoms with Crippen molar-refractivity contribution in [3.05, 3.63) is 35.1 Å². The summed E-state index contributed by atoms with van der Waals surface area (Å²) in [5.41, 5.74) is 0.458. The van der Waals surface area contributed by atoms with Gasteiger partial charge in [0.2, 0.25) is 0 Å². The number of nitrogens with one attached hydrogen (secondary N) is 1. The number of hydrogen-bond acceptors (Lipinski definition) is 3. The second-order valence-corrected chi connectivity index (χ2v) is 4.99. The number of halogens is 1. The zero-order chi connectivity index (χ0) is 15.2. The van der Waals surface area contributed by atoms with Crippen molar-refractivity contribution in [2.24, 2.45) is 5.92 Å². The summed E-state index contributed by atoms with van der Waals surface area (Å²) < 4.78 is 19.2. The minimum Gasteiger partial charge on any atom is -0.384 e. The Morgan fingerprint density at radius 3 is 3.05 bits per heavy atom. The van der Waals surface area contributed by atoms with Crippen molar-refractivity contribution in [1.29, 1.82) is 0 Å². The lowest BCUT2D eigenvalue weighted by Crippen LogP contribution is -2.32. The van der Waals surface area contributed by atoms with E-state index in [1.807, 2.05) is 6.92 Å². The van der Waals surface area contributed by atoms with E-state index >= 15 is 0 Å². The van der Waals surface area contributed by atoms with Crippen LogP contribution in [0.3, 0.4) is 0 Å². The first-order valence-electron chi connectivity index (χ1n) is 6.91. The normalized spacial score (nSPS) is 20.7. The average molecular weight is 291 g/mol. The fraction of sp³-hybridized carbons (Fsp3) is 0.438. The molecule has 0 bridgehead atoms. The summed E-state index contributed by atoms with van der Waals surface area (Å²) in [4.78, 5) is 12.1. The van der Waals surface area contributed by atoms with Gasteiger partial charge in [-0.1, -0.05) is 11.8 Å². The first-order chi connectivity index (χ1) is 10.1. The Labute approximate surface area is 123 Å². The van der Waals surface area contributed by atoms with Crippen molar-refractivity contribution in [2.45, 2.75) is 19.4 Å². The molecule has 21 heavy (non-hydrogen) atoms. The Kier molecular flexibility index (Phi) is 5.32. The summed E-state index contributed by atoms with van der Waals surface area (Å²) in [5, 5.41) is 11.4. The molecule has 5 heteroatoms. The number of carbonyl (C=O) groups is 1. The van der Waals surface area contributed by atoms with E-state index in [2.05, 4.69) is 17.2 Å². The maximum Gasteiger partial charge on any atom is 0.254 e. The minimum absolute atomic E-state index is 0.0358. The molecule has 1 aromatic rings. The molecule has 1 aliphatic rings. The van der Waals surface area contributed by atoms with Crippen LogP contribution in [0, 0.1) is 23.6 Å². The molecule has 1 amide bonds. The Morgan fingerprint density at radius 2 is 2.38 bits per heavy atom. The predicted octanol–water partition coefficient (Wildman–Crippen LogP) is 1.32. The molecule has 0 aliphatic carbocycles. The van der Waals surface area contributed by atoms with Crippen LogP contribution in [0.1, 0.15) is 29.3 Å². The third kappa shape index (κ3) is 4.03. The van der Waals surface area contributed by atoms with Crippen molar-refractivity contribution in [1.82, 2.24) is 5.32 Å². The van der Waals surface area contributed by atoms with Crippen molar-refractivity contribution in [3.63, 3.8) is 0 Å². The van der Waals surface area contributed by atoms with Gasteiger partial charge in [-0.2, -0.15) is 0 Å². The molecule has 2 N–H and O–H groups in total. The Balaban J connectivity index is 2.04. The van der Waals surface area contributed by atoms with Gasteiger partial charge < -0.3 is 15.2 Å². The van der Waals surface area contributed by atoms with E-state index in [-0.39, 0.29) is 24.2 Å². The van der Waals surface area contributed by atoms with E-state index in [0.29, 0.717) is 18.7 Å². The lowest BCUT2D eigenvalue weighted by molar-refractivity contribution is 0.0904. The fourth-order valence-electron chi connectivity index (χ4n) is 2.28. The van der Waals surface area contributed by atoms with E-state index in [1.165, 1.54) is 18.2 Å². The quantitative estimate of drug-likeness (QED) is 0.826. The van der Waals surface area contributed by atoms with Crippen LogP contribution in [0.15, 0.2) is 18.2 Å². The molecule has 0 saturated carbocycles. The van der Waals surface area contributed by atoms with Gasteiger partial charge in [0, 0.05) is 24.6 Å². The van der Waals surface area contributed by atoms with E-state index in [0.717, 1.165) is 6.42 Å². The summed E-state index contributed by atoms with van der Waals surface area (Å²) in [6.07, 6.45) is 1.00. The highest BCUT2D eigenvalue weighted by atomic mass is 19.1. The number of aliphatic hydroxyl groups is 1. The highest BCUT2D eigenvalue weighted by Crippen LogP contribution is 2.19. The second kappa shape index (κ2) is 7.21. The second-order valence-electron chi connectivity index (χ2n) is 4.99. The summed E-state index contributed by atoms with van der Waals surface area (Å²) >= 11 is 0. The summed E-state index contributed by atoms with van der Waals surface area (Å²) in [5.74, 6) is 4.34. The van der Waals surface area contributed by atoms with Crippen LogP contribution in [0.25, 0.3) is 0 Å². The third-order valence-electron chi connectivity index (χ3n) is 3.58. The first-order valence-corrected chi connectivity index (χ1v) is 6.91. The lowest BCUT2D eigenvalue weighted by atomic mass is 10.0. The fourth-order valence-corrected chi connectivity index (χ4v) is 2.28. The first kappa shape index (κ1) is 15.5. The Morgan fingerprint density at radius 1 is 1.57 bits per heavy atom. The monoisotopic (exact) mass is 291 g/mol. The van der Waals surface area contributed by atoms with Crippen LogP contribution in [0.2, 0.25) is 0 Å². The Hall–Kier alpha value is -1.90. The Bertz CT molecular complexity index is 577. The minimum atomic E-state index is -0.585. The number of hydrogen-bond donors (Lipinski definition) is 2. The summed E-state index contributed by atoms with van der Waals surface area (Å²) in [6.45, 7) is 2.85. The van der Waals surface area contributed by atoms with Gasteiger partial charge in [0.15, 0.2) is 0 Å². The number of carbonyl (C=O) groups excluding carboxylic acids is 1. The molecule has 2 unspecified atom stereocenters. The molecule has 112 valence electrons. The highest BCUT2D eigenvalue weighted by molar-refractivity contribution is 5.94. The number of aliphatic hydroxyl groups excluding tert-OH is 1. The lowest BCUT2D eigenvalue weighted by Gasteiger charge is -2.15. The number of rotatable bonds is 3. The van der Waals surface area contributed by atoms with Gasteiger partial charge in [0.25, 0.3) is 5.91 Å². The summed E-state index contributed by atoms with van der Waals surface area (Å²) in [6, 6.07) is 4.07. The number of benzene rings is 1. The van der Waals surface area contributed by atoms with E-state index in [4.69, 9.17) is 9.84 Å². The number of ether oxygens (including phenoxy) is 1. The van der Waals surface area contributed by atoms with Crippen LogP contribution in [0.4, 0.5) is 4.39 Å². The SMILES string of the molecule is CC1OCCC1CNC(=O)c1cc(C#CCO)ccc1F. The molecule has 1 fully saturated rings. The third-order valence-corrected chi connectivity index (χ3v) is 3.58. The standard InChI is InChI=1S/C16H18FNO3/c1-11-13(6-8-21-11)10-18-16(20)14-9-12(3-2-7-19)4-5-15(14)17/h4-5,9,11,13,19H,6-8,10H2,1H3,(H,18,20). The molecule has 1 saturated heterocycles. The molecule has 0 spiro atoms. The average Bonchev–Trinajstić information content (AvgIpc) is 2.89.